The van der Waals surface area contributed by atoms with Crippen molar-refractivity contribution in [1.82, 2.24) is 10.5 Å². The number of nitrogens with one attached hydrogen (secondary N) is 2. The van der Waals surface area contributed by atoms with Gasteiger partial charge in [0.15, 0.2) is 11.6 Å². The molecule has 7 nitrogen and oxygen atoms in total. The Morgan fingerprint density at radius 2 is 1.68 bits per heavy atom. The number of nitrogens with zero attached hydrogens (tertiary/aromatic N) is 1. The van der Waals surface area contributed by atoms with Gasteiger partial charge < -0.3 is 20.3 Å². The van der Waals surface area contributed by atoms with Crippen LogP contribution in [0, 0.1) is 5.41 Å². The van der Waals surface area contributed by atoms with Gasteiger partial charge >= 0.3 is 0 Å². The first kappa shape index (κ1) is 24.6. The number of rotatable bonds is 7. The standard InChI is InChI=1S/C24H35N3O4/c1-8-9-17(25-22(30)20(28)24(5,6)7)21(29)26-19-14-18(31-27-19)15-10-12-16(13-11-15)23(2,3)4/h10-14,17,20,28H,8-9H2,1-7H3,(H,25,30)(H,26,27,29). The summed E-state index contributed by atoms with van der Waals surface area (Å²) >= 11 is 0. The first-order valence-electron chi connectivity index (χ1n) is 10.7. The summed E-state index contributed by atoms with van der Waals surface area (Å²) < 4.78 is 5.39. The molecule has 170 valence electrons. The molecule has 0 radical (unpaired) electrons. The van der Waals surface area contributed by atoms with E-state index >= 15 is 0 Å². The second-order valence-corrected chi connectivity index (χ2v) is 10.0. The third-order valence-electron chi connectivity index (χ3n) is 5.08. The Bertz CT molecular complexity index is 889. The quantitative estimate of drug-likeness (QED) is 0.610. The molecule has 2 atom stereocenters. The zero-order valence-corrected chi connectivity index (χ0v) is 19.6. The van der Waals surface area contributed by atoms with Crippen LogP contribution in [0.5, 0.6) is 0 Å². The molecule has 0 fully saturated rings. The Morgan fingerprint density at radius 3 is 2.19 bits per heavy atom. The lowest BCUT2D eigenvalue weighted by Crippen LogP contribution is -2.50. The molecule has 0 aliphatic heterocycles. The first-order chi connectivity index (χ1) is 14.3. The van der Waals surface area contributed by atoms with Gasteiger partial charge in [-0.1, -0.05) is 84.3 Å². The number of aliphatic hydroxyl groups is 1. The zero-order chi connectivity index (χ0) is 23.4. The minimum absolute atomic E-state index is 0.0539. The first-order valence-corrected chi connectivity index (χ1v) is 10.7. The van der Waals surface area contributed by atoms with Crippen LogP contribution < -0.4 is 10.6 Å². The van der Waals surface area contributed by atoms with Gasteiger partial charge in [0.1, 0.15) is 12.1 Å². The van der Waals surface area contributed by atoms with Crippen LogP contribution in [-0.2, 0) is 15.0 Å². The van der Waals surface area contributed by atoms with E-state index < -0.39 is 29.4 Å². The molecular weight excluding hydrogens is 394 g/mol. The molecule has 1 heterocycles. The van der Waals surface area contributed by atoms with Crippen LogP contribution in [-0.4, -0.2) is 34.2 Å². The van der Waals surface area contributed by atoms with Gasteiger partial charge in [0, 0.05) is 11.6 Å². The maximum Gasteiger partial charge on any atom is 0.250 e. The molecule has 2 aromatic rings. The highest BCUT2D eigenvalue weighted by Gasteiger charge is 2.32. The minimum atomic E-state index is -1.21. The molecule has 1 aromatic carbocycles. The van der Waals surface area contributed by atoms with Crippen LogP contribution in [0.25, 0.3) is 11.3 Å². The fourth-order valence-corrected chi connectivity index (χ4v) is 3.02. The van der Waals surface area contributed by atoms with E-state index in [1.807, 2.05) is 31.2 Å². The number of hydrogen-bond acceptors (Lipinski definition) is 5. The summed E-state index contributed by atoms with van der Waals surface area (Å²) in [7, 11) is 0. The molecule has 1 aromatic heterocycles. The van der Waals surface area contributed by atoms with E-state index in [2.05, 4.69) is 36.6 Å². The predicted octanol–water partition coefficient (Wildman–Crippen LogP) is 4.27. The van der Waals surface area contributed by atoms with Crippen molar-refractivity contribution < 1.29 is 19.2 Å². The molecule has 2 unspecified atom stereocenters. The van der Waals surface area contributed by atoms with Gasteiger partial charge in [-0.15, -0.1) is 0 Å². The van der Waals surface area contributed by atoms with Crippen molar-refractivity contribution in [3.05, 3.63) is 35.9 Å². The lowest BCUT2D eigenvalue weighted by molar-refractivity contribution is -0.137. The largest absolute Gasteiger partial charge is 0.383 e. The van der Waals surface area contributed by atoms with Crippen LogP contribution >= 0.6 is 0 Å². The third-order valence-corrected chi connectivity index (χ3v) is 5.08. The summed E-state index contributed by atoms with van der Waals surface area (Å²) in [6, 6.07) is 8.88. The number of benzene rings is 1. The highest BCUT2D eigenvalue weighted by atomic mass is 16.5. The summed E-state index contributed by atoms with van der Waals surface area (Å²) in [5.74, 6) is -0.165. The van der Waals surface area contributed by atoms with E-state index in [1.165, 1.54) is 5.56 Å². The van der Waals surface area contributed by atoms with Gasteiger partial charge in [0.25, 0.3) is 0 Å². The summed E-state index contributed by atoms with van der Waals surface area (Å²) in [4.78, 5) is 25.1. The molecule has 2 rings (SSSR count). The highest BCUT2D eigenvalue weighted by molar-refractivity contribution is 5.97. The van der Waals surface area contributed by atoms with E-state index in [1.54, 1.807) is 26.8 Å². The van der Waals surface area contributed by atoms with Crippen LogP contribution in [0.3, 0.4) is 0 Å². The molecular formula is C24H35N3O4. The summed E-state index contributed by atoms with van der Waals surface area (Å²) in [5, 5.41) is 19.4. The molecule has 31 heavy (non-hydrogen) atoms. The maximum absolute atomic E-state index is 12.7. The SMILES string of the molecule is CCCC(NC(=O)C(O)C(C)(C)C)C(=O)Nc1cc(-c2ccc(C(C)(C)C)cc2)on1. The Kier molecular flexibility index (Phi) is 7.65. The normalized spacial score (nSPS) is 14.1. The maximum atomic E-state index is 12.7. The number of aliphatic hydroxyl groups excluding tert-OH is 1. The van der Waals surface area contributed by atoms with Gasteiger partial charge in [-0.3, -0.25) is 9.59 Å². The van der Waals surface area contributed by atoms with E-state index in [0.717, 1.165) is 5.56 Å². The topological polar surface area (TPSA) is 104 Å². The number of hydrogen-bond donors (Lipinski definition) is 3. The average Bonchev–Trinajstić information content (AvgIpc) is 3.14. The number of carbonyl (C=O) groups excluding carboxylic acids is 2. The number of amides is 2. The molecule has 0 saturated carbocycles. The molecule has 0 aliphatic carbocycles. The van der Waals surface area contributed by atoms with E-state index in [0.29, 0.717) is 18.6 Å². The molecule has 0 spiro atoms. The van der Waals surface area contributed by atoms with E-state index in [9.17, 15) is 14.7 Å². The summed E-state index contributed by atoms with van der Waals surface area (Å²) in [5.41, 5.74) is 1.49. The zero-order valence-electron chi connectivity index (χ0n) is 19.6. The van der Waals surface area contributed by atoms with Crippen molar-refractivity contribution in [1.29, 1.82) is 0 Å². The molecule has 0 bridgehead atoms. The number of carbonyl (C=O) groups is 2. The highest BCUT2D eigenvalue weighted by Crippen LogP contribution is 2.27. The smallest absolute Gasteiger partial charge is 0.250 e. The lowest BCUT2D eigenvalue weighted by atomic mass is 9.86. The lowest BCUT2D eigenvalue weighted by Gasteiger charge is -2.26. The fourth-order valence-electron chi connectivity index (χ4n) is 3.02. The fraction of sp³-hybridized carbons (Fsp3) is 0.542. The van der Waals surface area contributed by atoms with Crippen molar-refractivity contribution in [2.24, 2.45) is 5.41 Å². The Morgan fingerprint density at radius 1 is 1.06 bits per heavy atom. The van der Waals surface area contributed by atoms with Gasteiger partial charge in [0.05, 0.1) is 0 Å². The second-order valence-electron chi connectivity index (χ2n) is 10.0. The van der Waals surface area contributed by atoms with Crippen molar-refractivity contribution >= 4 is 17.6 Å². The van der Waals surface area contributed by atoms with Gasteiger partial charge in [-0.25, -0.2) is 0 Å². The molecule has 7 heteroatoms. The van der Waals surface area contributed by atoms with Gasteiger partial charge in [0.2, 0.25) is 11.8 Å². The van der Waals surface area contributed by atoms with E-state index in [4.69, 9.17) is 4.52 Å². The van der Waals surface area contributed by atoms with Crippen LogP contribution in [0.2, 0.25) is 0 Å². The Labute approximate surface area is 184 Å². The van der Waals surface area contributed by atoms with Crippen molar-refractivity contribution in [3.8, 4) is 11.3 Å². The molecule has 0 saturated heterocycles. The summed E-state index contributed by atoms with van der Waals surface area (Å²) in [6.45, 7) is 13.6. The van der Waals surface area contributed by atoms with Crippen molar-refractivity contribution in [2.75, 3.05) is 5.32 Å². The molecule has 2 amide bonds. The predicted molar refractivity (Wildman–Crippen MR) is 122 cm³/mol. The molecule has 0 aliphatic rings. The summed E-state index contributed by atoms with van der Waals surface area (Å²) in [6.07, 6.45) is -0.0870. The van der Waals surface area contributed by atoms with Crippen molar-refractivity contribution in [2.45, 2.75) is 78.9 Å². The number of anilines is 1. The van der Waals surface area contributed by atoms with Crippen LogP contribution in [0.4, 0.5) is 5.82 Å². The second kappa shape index (κ2) is 9.64. The number of aromatic nitrogens is 1. The van der Waals surface area contributed by atoms with Crippen LogP contribution in [0.15, 0.2) is 34.9 Å². The minimum Gasteiger partial charge on any atom is -0.383 e. The Balaban J connectivity index is 2.08. The van der Waals surface area contributed by atoms with Gasteiger partial charge in [-0.05, 0) is 22.8 Å². The van der Waals surface area contributed by atoms with Gasteiger partial charge in [-0.2, -0.15) is 0 Å². The third kappa shape index (κ3) is 6.66. The average molecular weight is 430 g/mol. The Hall–Kier alpha value is -2.67. The molecule has 3 N–H and O–H groups in total. The van der Waals surface area contributed by atoms with Crippen LogP contribution in [0.1, 0.15) is 66.9 Å². The van der Waals surface area contributed by atoms with E-state index in [-0.39, 0.29) is 11.2 Å². The van der Waals surface area contributed by atoms with Crippen molar-refractivity contribution in [3.63, 3.8) is 0 Å². The monoisotopic (exact) mass is 429 g/mol.